The van der Waals surface area contributed by atoms with Crippen molar-refractivity contribution in [3.8, 4) is 0 Å². The summed E-state index contributed by atoms with van der Waals surface area (Å²) in [7, 11) is 0. The second-order valence-electron chi connectivity index (χ2n) is 3.22. The summed E-state index contributed by atoms with van der Waals surface area (Å²) in [6.45, 7) is 6.72. The molecule has 0 aromatic heterocycles. The fraction of sp³-hybridized carbons (Fsp3) is 0.900. The van der Waals surface area contributed by atoms with Gasteiger partial charge in [-0.25, -0.2) is 4.79 Å². The van der Waals surface area contributed by atoms with Crippen molar-refractivity contribution in [3.63, 3.8) is 0 Å². The average molecular weight is 248 g/mol. The van der Waals surface area contributed by atoms with Crippen molar-refractivity contribution >= 4 is 6.03 Å². The van der Waals surface area contributed by atoms with Gasteiger partial charge in [-0.3, -0.25) is 0 Å². The van der Waals surface area contributed by atoms with Crippen molar-refractivity contribution < 1.29 is 14.3 Å². The lowest BCUT2D eigenvalue weighted by molar-refractivity contribution is 0.0506. The molecule has 0 fully saturated rings. The van der Waals surface area contributed by atoms with E-state index >= 15 is 0 Å². The van der Waals surface area contributed by atoms with E-state index in [1.807, 2.05) is 0 Å². The Bertz CT molecular complexity index is 181. The Hall–Kier alpha value is -0.890. The predicted octanol–water partition coefficient (Wildman–Crippen LogP) is -1.16. The van der Waals surface area contributed by atoms with Crippen molar-refractivity contribution in [1.82, 2.24) is 16.0 Å². The lowest BCUT2D eigenvalue weighted by Crippen LogP contribution is -2.40. The van der Waals surface area contributed by atoms with Crippen LogP contribution in [-0.2, 0) is 9.47 Å². The summed E-state index contributed by atoms with van der Waals surface area (Å²) >= 11 is 0. The maximum absolute atomic E-state index is 10.9. The highest BCUT2D eigenvalue weighted by Gasteiger charge is 1.95. The molecule has 0 aliphatic heterocycles. The number of carbonyl (C=O) groups excluding carboxylic acids is 1. The first-order chi connectivity index (χ1) is 8.31. The van der Waals surface area contributed by atoms with Crippen LogP contribution in [0.25, 0.3) is 0 Å². The number of nitrogens with one attached hydrogen (secondary N) is 3. The third-order valence-electron chi connectivity index (χ3n) is 1.84. The smallest absolute Gasteiger partial charge is 0.315 e. The summed E-state index contributed by atoms with van der Waals surface area (Å²) in [5.74, 6) is 0. The van der Waals surface area contributed by atoms with Gasteiger partial charge in [0, 0.05) is 13.1 Å². The van der Waals surface area contributed by atoms with Crippen LogP contribution in [0.3, 0.4) is 0 Å². The van der Waals surface area contributed by atoms with E-state index in [0.29, 0.717) is 33.0 Å². The van der Waals surface area contributed by atoms with Gasteiger partial charge in [-0.1, -0.05) is 6.92 Å². The Morgan fingerprint density at radius 1 is 1.06 bits per heavy atom. The SMILES string of the molecule is CCNCCOCCOCCNC(=O)NCN. The zero-order chi connectivity index (χ0) is 12.8. The normalized spacial score (nSPS) is 10.2. The zero-order valence-corrected chi connectivity index (χ0v) is 10.5. The number of carbonyl (C=O) groups is 1. The third-order valence-corrected chi connectivity index (χ3v) is 1.84. The Balaban J connectivity index is 3.01. The molecule has 0 aromatic rings. The molecule has 7 heteroatoms. The Kier molecular flexibility index (Phi) is 12.5. The van der Waals surface area contributed by atoms with Crippen molar-refractivity contribution in [1.29, 1.82) is 0 Å². The minimum atomic E-state index is -0.280. The van der Waals surface area contributed by atoms with E-state index in [4.69, 9.17) is 15.2 Å². The van der Waals surface area contributed by atoms with E-state index in [9.17, 15) is 4.79 Å². The highest BCUT2D eigenvalue weighted by atomic mass is 16.5. The number of rotatable bonds is 11. The molecule has 0 radical (unpaired) electrons. The van der Waals surface area contributed by atoms with Gasteiger partial charge in [-0.05, 0) is 6.54 Å². The molecule has 5 N–H and O–H groups in total. The van der Waals surface area contributed by atoms with Crippen LogP contribution in [0.5, 0.6) is 0 Å². The van der Waals surface area contributed by atoms with Gasteiger partial charge in [0.25, 0.3) is 0 Å². The van der Waals surface area contributed by atoms with Crippen LogP contribution in [0.1, 0.15) is 6.92 Å². The topological polar surface area (TPSA) is 97.6 Å². The number of amides is 2. The van der Waals surface area contributed by atoms with Crippen LogP contribution in [0, 0.1) is 0 Å². The monoisotopic (exact) mass is 248 g/mol. The Morgan fingerprint density at radius 2 is 1.71 bits per heavy atom. The van der Waals surface area contributed by atoms with Gasteiger partial charge in [0.1, 0.15) is 0 Å². The summed E-state index contributed by atoms with van der Waals surface area (Å²) in [6.07, 6.45) is 0. The maximum Gasteiger partial charge on any atom is 0.315 e. The average Bonchev–Trinajstić information content (AvgIpc) is 2.32. The second-order valence-corrected chi connectivity index (χ2v) is 3.22. The molecule has 0 spiro atoms. The minimum Gasteiger partial charge on any atom is -0.378 e. The summed E-state index contributed by atoms with van der Waals surface area (Å²) in [5.41, 5.74) is 5.12. The molecule has 2 amide bonds. The van der Waals surface area contributed by atoms with E-state index in [1.165, 1.54) is 0 Å². The van der Waals surface area contributed by atoms with E-state index in [0.717, 1.165) is 13.1 Å². The van der Waals surface area contributed by atoms with Gasteiger partial charge in [-0.15, -0.1) is 0 Å². The van der Waals surface area contributed by atoms with Crippen LogP contribution in [0.15, 0.2) is 0 Å². The summed E-state index contributed by atoms with van der Waals surface area (Å²) < 4.78 is 10.5. The van der Waals surface area contributed by atoms with E-state index in [2.05, 4.69) is 22.9 Å². The number of urea groups is 1. The largest absolute Gasteiger partial charge is 0.378 e. The van der Waals surface area contributed by atoms with Crippen molar-refractivity contribution in [2.75, 3.05) is 52.7 Å². The van der Waals surface area contributed by atoms with Crippen molar-refractivity contribution in [2.45, 2.75) is 6.92 Å². The standard InChI is InChI=1S/C10H24N4O3/c1-2-12-3-5-16-7-8-17-6-4-13-10(15)14-9-11/h12H,2-9,11H2,1H3,(H2,13,14,15). The van der Waals surface area contributed by atoms with Crippen LogP contribution < -0.4 is 21.7 Å². The van der Waals surface area contributed by atoms with Gasteiger partial charge in [0.15, 0.2) is 0 Å². The number of likely N-dealkylation sites (N-methyl/N-ethyl adjacent to an activating group) is 1. The minimum absolute atomic E-state index is 0.131. The summed E-state index contributed by atoms with van der Waals surface area (Å²) in [6, 6.07) is -0.280. The molecule has 0 aliphatic rings. The highest BCUT2D eigenvalue weighted by Crippen LogP contribution is 1.78. The first kappa shape index (κ1) is 16.1. The molecule has 0 unspecified atom stereocenters. The molecule has 17 heavy (non-hydrogen) atoms. The first-order valence-corrected chi connectivity index (χ1v) is 5.89. The van der Waals surface area contributed by atoms with Crippen LogP contribution in [0.4, 0.5) is 4.79 Å². The molecule has 0 saturated heterocycles. The molecule has 0 rings (SSSR count). The number of ether oxygens (including phenoxy) is 2. The quantitative estimate of drug-likeness (QED) is 0.273. The van der Waals surface area contributed by atoms with Gasteiger partial charge in [0.05, 0.1) is 33.1 Å². The second kappa shape index (κ2) is 13.2. The van der Waals surface area contributed by atoms with Crippen molar-refractivity contribution in [3.05, 3.63) is 0 Å². The van der Waals surface area contributed by atoms with Crippen molar-refractivity contribution in [2.24, 2.45) is 5.73 Å². The lowest BCUT2D eigenvalue weighted by atomic mass is 10.6. The molecule has 7 nitrogen and oxygen atoms in total. The van der Waals surface area contributed by atoms with E-state index in [1.54, 1.807) is 0 Å². The van der Waals surface area contributed by atoms with E-state index in [-0.39, 0.29) is 12.7 Å². The molecule has 0 saturated carbocycles. The van der Waals surface area contributed by atoms with Crippen LogP contribution in [-0.4, -0.2) is 58.8 Å². The Morgan fingerprint density at radius 3 is 2.29 bits per heavy atom. The summed E-state index contributed by atoms with van der Waals surface area (Å²) in [4.78, 5) is 10.9. The van der Waals surface area contributed by atoms with Crippen LogP contribution >= 0.6 is 0 Å². The predicted molar refractivity (Wildman–Crippen MR) is 65.8 cm³/mol. The maximum atomic E-state index is 10.9. The molecule has 0 aliphatic carbocycles. The number of hydrogen-bond donors (Lipinski definition) is 4. The van der Waals surface area contributed by atoms with Gasteiger partial charge >= 0.3 is 6.03 Å². The molecular weight excluding hydrogens is 224 g/mol. The fourth-order valence-corrected chi connectivity index (χ4v) is 1.04. The van der Waals surface area contributed by atoms with Gasteiger partial charge in [-0.2, -0.15) is 0 Å². The highest BCUT2D eigenvalue weighted by molar-refractivity contribution is 5.73. The molecule has 0 heterocycles. The van der Waals surface area contributed by atoms with E-state index < -0.39 is 0 Å². The first-order valence-electron chi connectivity index (χ1n) is 5.89. The van der Waals surface area contributed by atoms with Gasteiger partial charge in [0.2, 0.25) is 0 Å². The molecule has 0 bridgehead atoms. The summed E-state index contributed by atoms with van der Waals surface area (Å²) in [5, 5.41) is 8.17. The van der Waals surface area contributed by atoms with Crippen LogP contribution in [0.2, 0.25) is 0 Å². The molecule has 0 atom stereocenters. The molecule has 102 valence electrons. The molecule has 0 aromatic carbocycles. The zero-order valence-electron chi connectivity index (χ0n) is 10.5. The lowest BCUT2D eigenvalue weighted by Gasteiger charge is -2.07. The number of nitrogens with two attached hydrogens (primary N) is 1. The number of hydrogen-bond acceptors (Lipinski definition) is 5. The Labute approximate surface area is 102 Å². The third kappa shape index (κ3) is 13.0. The fourth-order valence-electron chi connectivity index (χ4n) is 1.04. The van der Waals surface area contributed by atoms with Gasteiger partial charge < -0.3 is 31.2 Å². The molecular formula is C10H24N4O3.